The first kappa shape index (κ1) is 26.5. The first-order chi connectivity index (χ1) is 18.8. The predicted octanol–water partition coefficient (Wildman–Crippen LogP) is 3.88. The summed E-state index contributed by atoms with van der Waals surface area (Å²) in [4.78, 5) is 41.8. The SMILES string of the molecule is CCc1cc(CC(NC(=O)N2CCC(N3Cc4cccc(F)c4NC3=O)CC2)C(=O)OC)cc2c(C)[nH]nc12. The molecule has 10 nitrogen and oxygen atoms in total. The number of hydrogen-bond donors (Lipinski definition) is 3. The molecule has 3 N–H and O–H groups in total. The predicted molar refractivity (Wildman–Crippen MR) is 144 cm³/mol. The number of nitrogens with one attached hydrogen (secondary N) is 3. The first-order valence-electron chi connectivity index (χ1n) is 13.2. The highest BCUT2D eigenvalue weighted by Gasteiger charge is 2.34. The summed E-state index contributed by atoms with van der Waals surface area (Å²) in [6.07, 6.45) is 2.22. The van der Waals surface area contributed by atoms with Gasteiger partial charge in [0.2, 0.25) is 0 Å². The number of likely N-dealkylation sites (tertiary alicyclic amines) is 1. The van der Waals surface area contributed by atoms with Crippen molar-refractivity contribution in [3.8, 4) is 0 Å². The smallest absolute Gasteiger partial charge is 0.328 e. The maximum absolute atomic E-state index is 14.1. The van der Waals surface area contributed by atoms with Crippen molar-refractivity contribution in [3.63, 3.8) is 0 Å². The number of para-hydroxylation sites is 1. The van der Waals surface area contributed by atoms with E-state index in [1.54, 1.807) is 21.9 Å². The Morgan fingerprint density at radius 3 is 2.74 bits per heavy atom. The van der Waals surface area contributed by atoms with Gasteiger partial charge in [-0.05, 0) is 55.0 Å². The number of amides is 4. The quantitative estimate of drug-likeness (QED) is 0.413. The van der Waals surface area contributed by atoms with Crippen molar-refractivity contribution in [2.24, 2.45) is 0 Å². The lowest BCUT2D eigenvalue weighted by molar-refractivity contribution is -0.142. The third kappa shape index (κ3) is 5.25. The Morgan fingerprint density at radius 1 is 1.26 bits per heavy atom. The molecule has 3 heterocycles. The molecule has 2 aromatic carbocycles. The number of halogens is 1. The number of hydrogen-bond acceptors (Lipinski definition) is 5. The number of ether oxygens (including phenoxy) is 1. The Kier molecular flexibility index (Phi) is 7.40. The third-order valence-corrected chi connectivity index (χ3v) is 7.72. The van der Waals surface area contributed by atoms with E-state index in [1.807, 2.05) is 19.1 Å². The van der Waals surface area contributed by atoms with Gasteiger partial charge in [-0.1, -0.05) is 25.1 Å². The van der Waals surface area contributed by atoms with Gasteiger partial charge in [-0.2, -0.15) is 5.10 Å². The van der Waals surface area contributed by atoms with Crippen LogP contribution in [0.4, 0.5) is 19.7 Å². The van der Waals surface area contributed by atoms with Crippen LogP contribution in [0.15, 0.2) is 30.3 Å². The molecule has 1 unspecified atom stereocenters. The van der Waals surface area contributed by atoms with E-state index in [-0.39, 0.29) is 30.2 Å². The van der Waals surface area contributed by atoms with Gasteiger partial charge in [-0.25, -0.2) is 18.8 Å². The van der Waals surface area contributed by atoms with E-state index in [9.17, 15) is 18.8 Å². The molecule has 1 saturated heterocycles. The fourth-order valence-corrected chi connectivity index (χ4v) is 5.53. The molecule has 11 heteroatoms. The van der Waals surface area contributed by atoms with Crippen LogP contribution in [0.3, 0.4) is 0 Å². The number of fused-ring (bicyclic) bond motifs is 2. The molecule has 5 rings (SSSR count). The summed E-state index contributed by atoms with van der Waals surface area (Å²) >= 11 is 0. The number of aromatic amines is 1. The van der Waals surface area contributed by atoms with E-state index in [2.05, 4.69) is 27.8 Å². The summed E-state index contributed by atoms with van der Waals surface area (Å²) in [6.45, 7) is 5.16. The number of carbonyl (C=O) groups is 3. The lowest BCUT2D eigenvalue weighted by atomic mass is 9.98. The molecule has 0 aliphatic carbocycles. The average molecular weight is 537 g/mol. The Labute approximate surface area is 225 Å². The van der Waals surface area contributed by atoms with E-state index in [0.29, 0.717) is 32.5 Å². The number of rotatable bonds is 6. The Bertz CT molecular complexity index is 1410. The lowest BCUT2D eigenvalue weighted by Crippen LogP contribution is -2.55. The van der Waals surface area contributed by atoms with Crippen LogP contribution in [-0.4, -0.2) is 70.3 Å². The molecule has 0 bridgehead atoms. The second-order valence-electron chi connectivity index (χ2n) is 10.1. The molecular formula is C28H33FN6O4. The summed E-state index contributed by atoms with van der Waals surface area (Å²) in [6, 6.07) is 7.15. The molecule has 0 radical (unpaired) electrons. The minimum absolute atomic E-state index is 0.0840. The van der Waals surface area contributed by atoms with Crippen LogP contribution in [0, 0.1) is 12.7 Å². The third-order valence-electron chi connectivity index (χ3n) is 7.72. The van der Waals surface area contributed by atoms with Gasteiger partial charge in [0.1, 0.15) is 11.9 Å². The van der Waals surface area contributed by atoms with Gasteiger partial charge in [0.15, 0.2) is 0 Å². The van der Waals surface area contributed by atoms with Gasteiger partial charge < -0.3 is 25.2 Å². The number of aryl methyl sites for hydroxylation is 2. The van der Waals surface area contributed by atoms with Crippen molar-refractivity contribution in [3.05, 3.63) is 58.5 Å². The number of piperidine rings is 1. The number of aromatic nitrogens is 2. The Morgan fingerprint density at radius 2 is 2.03 bits per heavy atom. The summed E-state index contributed by atoms with van der Waals surface area (Å²) < 4.78 is 19.1. The number of carbonyl (C=O) groups excluding carboxylic acids is 3. The van der Waals surface area contributed by atoms with Gasteiger partial charge in [-0.3, -0.25) is 5.10 Å². The van der Waals surface area contributed by atoms with Crippen molar-refractivity contribution in [2.45, 2.75) is 58.2 Å². The van der Waals surface area contributed by atoms with E-state index >= 15 is 0 Å². The monoisotopic (exact) mass is 536 g/mol. The summed E-state index contributed by atoms with van der Waals surface area (Å²) in [7, 11) is 1.31. The van der Waals surface area contributed by atoms with Crippen LogP contribution in [0.25, 0.3) is 10.9 Å². The topological polar surface area (TPSA) is 120 Å². The summed E-state index contributed by atoms with van der Waals surface area (Å²) in [5, 5.41) is 13.9. The maximum Gasteiger partial charge on any atom is 0.328 e. The molecule has 3 aromatic rings. The molecule has 1 aromatic heterocycles. The fourth-order valence-electron chi connectivity index (χ4n) is 5.53. The molecule has 39 heavy (non-hydrogen) atoms. The molecule has 2 aliphatic rings. The maximum atomic E-state index is 14.1. The molecule has 2 aliphatic heterocycles. The number of H-pyrrole nitrogens is 1. The largest absolute Gasteiger partial charge is 0.467 e. The molecule has 1 atom stereocenters. The van der Waals surface area contributed by atoms with Crippen molar-refractivity contribution in [2.75, 3.05) is 25.5 Å². The van der Waals surface area contributed by atoms with Crippen LogP contribution in [0.2, 0.25) is 0 Å². The zero-order valence-corrected chi connectivity index (χ0v) is 22.3. The van der Waals surface area contributed by atoms with Crippen LogP contribution >= 0.6 is 0 Å². The number of anilines is 1. The Hall–Kier alpha value is -4.15. The van der Waals surface area contributed by atoms with Gasteiger partial charge >= 0.3 is 18.0 Å². The van der Waals surface area contributed by atoms with Crippen LogP contribution in [0.1, 0.15) is 42.1 Å². The van der Waals surface area contributed by atoms with E-state index in [0.717, 1.165) is 39.7 Å². The highest BCUT2D eigenvalue weighted by molar-refractivity contribution is 5.92. The van der Waals surface area contributed by atoms with Gasteiger partial charge in [0.25, 0.3) is 0 Å². The first-order valence-corrected chi connectivity index (χ1v) is 13.2. The highest BCUT2D eigenvalue weighted by atomic mass is 19.1. The second kappa shape index (κ2) is 10.9. The minimum Gasteiger partial charge on any atom is -0.467 e. The van der Waals surface area contributed by atoms with Crippen molar-refractivity contribution in [1.82, 2.24) is 25.3 Å². The van der Waals surface area contributed by atoms with E-state index in [1.165, 1.54) is 13.2 Å². The highest BCUT2D eigenvalue weighted by Crippen LogP contribution is 2.30. The van der Waals surface area contributed by atoms with Gasteiger partial charge in [0.05, 0.1) is 18.3 Å². The van der Waals surface area contributed by atoms with Crippen LogP contribution in [0.5, 0.6) is 0 Å². The van der Waals surface area contributed by atoms with Gasteiger partial charge in [-0.15, -0.1) is 0 Å². The van der Waals surface area contributed by atoms with E-state index in [4.69, 9.17) is 4.74 Å². The Balaban J connectivity index is 1.23. The zero-order valence-electron chi connectivity index (χ0n) is 22.3. The molecule has 1 fully saturated rings. The molecule has 206 valence electrons. The number of benzene rings is 2. The summed E-state index contributed by atoms with van der Waals surface area (Å²) in [5.74, 6) is -0.964. The average Bonchev–Trinajstić information content (AvgIpc) is 3.32. The minimum atomic E-state index is -0.853. The molecule has 0 spiro atoms. The van der Waals surface area contributed by atoms with Gasteiger partial charge in [0, 0.05) is 43.2 Å². The second-order valence-corrected chi connectivity index (χ2v) is 10.1. The zero-order chi connectivity index (χ0) is 27.7. The molecule has 0 saturated carbocycles. The van der Waals surface area contributed by atoms with E-state index < -0.39 is 17.8 Å². The van der Waals surface area contributed by atoms with Crippen LogP contribution in [-0.2, 0) is 28.9 Å². The molecule has 4 amide bonds. The number of esters is 1. The summed E-state index contributed by atoms with van der Waals surface area (Å²) in [5.41, 5.74) is 4.79. The number of nitrogens with zero attached hydrogens (tertiary/aromatic N) is 3. The lowest BCUT2D eigenvalue weighted by Gasteiger charge is -2.40. The van der Waals surface area contributed by atoms with Crippen LogP contribution < -0.4 is 10.6 Å². The van der Waals surface area contributed by atoms with Crippen molar-refractivity contribution < 1.29 is 23.5 Å². The number of urea groups is 2. The van der Waals surface area contributed by atoms with Crippen molar-refractivity contribution in [1.29, 1.82) is 0 Å². The number of methoxy groups -OCH3 is 1. The van der Waals surface area contributed by atoms with Crippen molar-refractivity contribution >= 4 is 34.6 Å². The molecular weight excluding hydrogens is 503 g/mol. The fraction of sp³-hybridized carbons (Fsp3) is 0.429. The normalized spacial score (nSPS) is 16.6. The standard InChI is InChI=1S/C28H33FN6O4/c1-4-18-12-17(13-21-16(2)32-33-24(18)21)14-23(26(36)39-3)30-27(37)34-10-8-20(9-11-34)35-15-19-6-5-7-22(29)25(19)31-28(35)38/h5-7,12-13,20,23H,4,8-11,14-15H2,1-3H3,(H,30,37)(H,31,38)(H,32,33).